The molecule has 2 aromatic rings. The molecule has 0 aromatic heterocycles. The van der Waals surface area contributed by atoms with Gasteiger partial charge in [-0.1, -0.05) is 19.1 Å². The second-order valence-corrected chi connectivity index (χ2v) is 7.41. The first-order chi connectivity index (χ1) is 14.9. The number of Topliss-reactive ketones (excluding diaryl/α,β-unsaturated/α-hetero) is 1. The van der Waals surface area contributed by atoms with Crippen molar-refractivity contribution in [2.75, 3.05) is 19.8 Å². The summed E-state index contributed by atoms with van der Waals surface area (Å²) < 4.78 is 11.1. The van der Waals surface area contributed by atoms with E-state index in [2.05, 4.69) is 0 Å². The van der Waals surface area contributed by atoms with Crippen LogP contribution < -0.4 is 9.47 Å². The Balaban J connectivity index is 2.11. The maximum Gasteiger partial charge on any atom is 0.295 e. The van der Waals surface area contributed by atoms with Crippen LogP contribution in [0.25, 0.3) is 5.76 Å². The summed E-state index contributed by atoms with van der Waals surface area (Å²) in [7, 11) is 0. The molecule has 31 heavy (non-hydrogen) atoms. The van der Waals surface area contributed by atoms with Crippen LogP contribution in [-0.2, 0) is 9.59 Å². The summed E-state index contributed by atoms with van der Waals surface area (Å²) in [5, 5.41) is 11.1. The maximum absolute atomic E-state index is 13.0. The quantitative estimate of drug-likeness (QED) is 0.381. The minimum absolute atomic E-state index is 0.103. The number of aliphatic hydroxyl groups is 1. The third-order valence-corrected chi connectivity index (χ3v) is 5.26. The molecule has 0 aliphatic carbocycles. The van der Waals surface area contributed by atoms with E-state index in [9.17, 15) is 14.7 Å². The van der Waals surface area contributed by atoms with Gasteiger partial charge in [0.2, 0.25) is 0 Å². The molecule has 6 nitrogen and oxygen atoms in total. The van der Waals surface area contributed by atoms with Crippen LogP contribution in [0.5, 0.6) is 11.5 Å². The molecule has 1 amide bonds. The first-order valence-corrected chi connectivity index (χ1v) is 10.7. The summed E-state index contributed by atoms with van der Waals surface area (Å²) in [5.74, 6) is -0.0160. The molecule has 1 saturated heterocycles. The van der Waals surface area contributed by atoms with Crippen molar-refractivity contribution in [2.24, 2.45) is 0 Å². The number of aryl methyl sites for hydroxylation is 1. The predicted molar refractivity (Wildman–Crippen MR) is 119 cm³/mol. The van der Waals surface area contributed by atoms with Gasteiger partial charge in [-0.15, -0.1) is 0 Å². The van der Waals surface area contributed by atoms with Crippen LogP contribution in [0.15, 0.2) is 48.0 Å². The standard InChI is InChI=1S/C25H29NO5/c1-5-14-26-22(17-8-11-19(12-9-17)30-6-2)21(24(28)25(26)29)23(27)18-10-13-20(31-7-3)16(4)15-18/h8-13,15,22,27H,5-7,14H2,1-4H3/b23-21-. The molecule has 1 N–H and O–H groups in total. The van der Waals surface area contributed by atoms with Crippen LogP contribution in [0.1, 0.15) is 49.9 Å². The van der Waals surface area contributed by atoms with Gasteiger partial charge in [0.15, 0.2) is 0 Å². The molecule has 2 aromatic carbocycles. The Morgan fingerprint density at radius 3 is 2.26 bits per heavy atom. The molecule has 1 fully saturated rings. The molecular weight excluding hydrogens is 394 g/mol. The Kier molecular flexibility index (Phi) is 7.00. The van der Waals surface area contributed by atoms with E-state index in [1.807, 2.05) is 52.0 Å². The van der Waals surface area contributed by atoms with E-state index in [1.54, 1.807) is 18.2 Å². The number of nitrogens with zero attached hydrogens (tertiary/aromatic N) is 1. The van der Waals surface area contributed by atoms with Crippen molar-refractivity contribution in [2.45, 2.75) is 40.2 Å². The summed E-state index contributed by atoms with van der Waals surface area (Å²) in [5.41, 5.74) is 2.17. The van der Waals surface area contributed by atoms with Gasteiger partial charge in [-0.25, -0.2) is 0 Å². The SMILES string of the molecule is CCCN1C(=O)C(=O)/C(=C(\O)c2ccc(OCC)c(C)c2)C1c1ccc(OCC)cc1. The van der Waals surface area contributed by atoms with E-state index in [0.29, 0.717) is 43.2 Å². The summed E-state index contributed by atoms with van der Waals surface area (Å²) in [6, 6.07) is 11.9. The van der Waals surface area contributed by atoms with Gasteiger partial charge in [-0.2, -0.15) is 0 Å². The average molecular weight is 424 g/mol. The van der Waals surface area contributed by atoms with Gasteiger partial charge in [0.1, 0.15) is 17.3 Å². The zero-order valence-electron chi connectivity index (χ0n) is 18.5. The van der Waals surface area contributed by atoms with E-state index in [1.165, 1.54) is 4.90 Å². The van der Waals surface area contributed by atoms with E-state index in [0.717, 1.165) is 11.1 Å². The third-order valence-electron chi connectivity index (χ3n) is 5.26. The van der Waals surface area contributed by atoms with Crippen LogP contribution in [0.4, 0.5) is 0 Å². The van der Waals surface area contributed by atoms with E-state index < -0.39 is 17.7 Å². The molecule has 1 heterocycles. The number of benzene rings is 2. The first-order valence-electron chi connectivity index (χ1n) is 10.7. The van der Waals surface area contributed by atoms with Crippen LogP contribution >= 0.6 is 0 Å². The Morgan fingerprint density at radius 2 is 1.68 bits per heavy atom. The lowest BCUT2D eigenvalue weighted by atomic mass is 9.94. The number of rotatable bonds is 8. The monoisotopic (exact) mass is 423 g/mol. The van der Waals surface area contributed by atoms with Crippen molar-refractivity contribution in [3.8, 4) is 11.5 Å². The zero-order valence-corrected chi connectivity index (χ0v) is 18.5. The fraction of sp³-hybridized carbons (Fsp3) is 0.360. The number of hydrogen-bond acceptors (Lipinski definition) is 5. The fourth-order valence-electron chi connectivity index (χ4n) is 3.88. The summed E-state index contributed by atoms with van der Waals surface area (Å²) in [6.45, 7) is 9.13. The molecule has 0 bridgehead atoms. The molecule has 1 atom stereocenters. The van der Waals surface area contributed by atoms with Gasteiger partial charge in [-0.3, -0.25) is 9.59 Å². The minimum Gasteiger partial charge on any atom is -0.507 e. The molecule has 0 spiro atoms. The molecule has 1 aliphatic heterocycles. The number of amides is 1. The molecule has 0 radical (unpaired) electrons. The van der Waals surface area contributed by atoms with Gasteiger partial charge in [-0.05, 0) is 68.7 Å². The number of hydrogen-bond donors (Lipinski definition) is 1. The van der Waals surface area contributed by atoms with E-state index >= 15 is 0 Å². The Hall–Kier alpha value is -3.28. The van der Waals surface area contributed by atoms with Gasteiger partial charge in [0.25, 0.3) is 11.7 Å². The van der Waals surface area contributed by atoms with Crippen LogP contribution in [-0.4, -0.2) is 41.5 Å². The highest BCUT2D eigenvalue weighted by molar-refractivity contribution is 6.46. The molecule has 6 heteroatoms. The summed E-state index contributed by atoms with van der Waals surface area (Å²) in [4.78, 5) is 27.3. The van der Waals surface area contributed by atoms with E-state index in [4.69, 9.17) is 9.47 Å². The maximum atomic E-state index is 13.0. The number of carbonyl (C=O) groups excluding carboxylic acids is 2. The highest BCUT2D eigenvalue weighted by Crippen LogP contribution is 2.40. The smallest absolute Gasteiger partial charge is 0.295 e. The van der Waals surface area contributed by atoms with Crippen molar-refractivity contribution >= 4 is 17.4 Å². The normalized spacial score (nSPS) is 17.8. The van der Waals surface area contributed by atoms with Crippen LogP contribution in [0.3, 0.4) is 0 Å². The fourth-order valence-corrected chi connectivity index (χ4v) is 3.88. The van der Waals surface area contributed by atoms with Crippen molar-refractivity contribution in [3.63, 3.8) is 0 Å². The van der Waals surface area contributed by atoms with Crippen LogP contribution in [0, 0.1) is 6.92 Å². The van der Waals surface area contributed by atoms with Gasteiger partial charge >= 0.3 is 0 Å². The second-order valence-electron chi connectivity index (χ2n) is 7.41. The Morgan fingerprint density at radius 1 is 1.00 bits per heavy atom. The van der Waals surface area contributed by atoms with Crippen LogP contribution in [0.2, 0.25) is 0 Å². The predicted octanol–water partition coefficient (Wildman–Crippen LogP) is 4.62. The number of likely N-dealkylation sites (tertiary alicyclic amines) is 1. The molecule has 1 unspecified atom stereocenters. The largest absolute Gasteiger partial charge is 0.507 e. The van der Waals surface area contributed by atoms with Crippen molar-refractivity contribution in [1.82, 2.24) is 4.90 Å². The molecule has 164 valence electrons. The van der Waals surface area contributed by atoms with E-state index in [-0.39, 0.29) is 11.3 Å². The highest BCUT2D eigenvalue weighted by Gasteiger charge is 2.45. The topological polar surface area (TPSA) is 76.1 Å². The van der Waals surface area contributed by atoms with Gasteiger partial charge in [0.05, 0.1) is 24.8 Å². The number of aliphatic hydroxyl groups excluding tert-OH is 1. The average Bonchev–Trinajstić information content (AvgIpc) is 3.01. The Bertz CT molecular complexity index is 993. The highest BCUT2D eigenvalue weighted by atomic mass is 16.5. The van der Waals surface area contributed by atoms with Gasteiger partial charge < -0.3 is 19.5 Å². The Labute approximate surface area is 183 Å². The summed E-state index contributed by atoms with van der Waals surface area (Å²) in [6.07, 6.45) is 0.697. The first kappa shape index (κ1) is 22.4. The lowest BCUT2D eigenvalue weighted by Crippen LogP contribution is -2.30. The van der Waals surface area contributed by atoms with Crippen molar-refractivity contribution in [1.29, 1.82) is 0 Å². The molecular formula is C25H29NO5. The number of ether oxygens (including phenoxy) is 2. The zero-order chi connectivity index (χ0) is 22.5. The van der Waals surface area contributed by atoms with Crippen molar-refractivity contribution < 1.29 is 24.2 Å². The molecule has 1 aliphatic rings. The second kappa shape index (κ2) is 9.69. The lowest BCUT2D eigenvalue weighted by Gasteiger charge is -2.25. The lowest BCUT2D eigenvalue weighted by molar-refractivity contribution is -0.139. The number of carbonyl (C=O) groups is 2. The van der Waals surface area contributed by atoms with Gasteiger partial charge in [0, 0.05) is 12.1 Å². The molecule has 0 saturated carbocycles. The minimum atomic E-state index is -0.670. The third kappa shape index (κ3) is 4.43. The summed E-state index contributed by atoms with van der Waals surface area (Å²) >= 11 is 0. The van der Waals surface area contributed by atoms with Crippen molar-refractivity contribution in [3.05, 3.63) is 64.7 Å². The number of ketones is 1. The molecule has 3 rings (SSSR count).